The molecule has 4 aliphatic carbocycles. The highest BCUT2D eigenvalue weighted by atomic mass is 16.5. The van der Waals surface area contributed by atoms with Crippen molar-refractivity contribution in [1.82, 2.24) is 5.32 Å². The van der Waals surface area contributed by atoms with Crippen LogP contribution in [0.25, 0.3) is 0 Å². The third-order valence-electron chi connectivity index (χ3n) is 6.58. The number of hydrogen-bond donors (Lipinski definition) is 2. The Bertz CT molecular complexity index is 665. The minimum Gasteiger partial charge on any atom is -0.452 e. The summed E-state index contributed by atoms with van der Waals surface area (Å²) in [6.45, 7) is 0.517. The second kappa shape index (κ2) is 6.93. The third-order valence-corrected chi connectivity index (χ3v) is 6.58. The van der Waals surface area contributed by atoms with Crippen LogP contribution in [0.3, 0.4) is 0 Å². The molecule has 0 aliphatic heterocycles. The van der Waals surface area contributed by atoms with Gasteiger partial charge in [-0.3, -0.25) is 4.79 Å². The summed E-state index contributed by atoms with van der Waals surface area (Å²) in [7, 11) is 1.75. The van der Waals surface area contributed by atoms with Crippen molar-refractivity contribution in [3.63, 3.8) is 0 Å². The van der Waals surface area contributed by atoms with Crippen LogP contribution in [0, 0.1) is 23.2 Å². The minimum atomic E-state index is -0.472. The lowest BCUT2D eigenvalue weighted by Gasteiger charge is -2.56. The van der Waals surface area contributed by atoms with E-state index in [2.05, 4.69) is 10.6 Å². The smallest absolute Gasteiger partial charge is 0.340 e. The highest BCUT2D eigenvalue weighted by Crippen LogP contribution is 2.59. The molecule has 4 fully saturated rings. The molecule has 4 saturated carbocycles. The van der Waals surface area contributed by atoms with Crippen molar-refractivity contribution in [2.75, 3.05) is 25.5 Å². The lowest BCUT2D eigenvalue weighted by Crippen LogP contribution is -2.51. The highest BCUT2D eigenvalue weighted by Gasteiger charge is 2.50. The number of hydrogen-bond acceptors (Lipinski definition) is 4. The Kier molecular flexibility index (Phi) is 4.63. The van der Waals surface area contributed by atoms with E-state index < -0.39 is 5.97 Å². The summed E-state index contributed by atoms with van der Waals surface area (Å²) < 4.78 is 5.21. The minimum absolute atomic E-state index is 0.198. The molecule has 1 aromatic carbocycles. The fourth-order valence-corrected chi connectivity index (χ4v) is 5.93. The fourth-order valence-electron chi connectivity index (χ4n) is 5.93. The van der Waals surface area contributed by atoms with Crippen molar-refractivity contribution < 1.29 is 14.3 Å². The number of anilines is 1. The average molecular weight is 356 g/mol. The number of rotatable bonds is 6. The SMILES string of the molecule is CNc1ccccc1C(=O)OCC(=O)NCC12CC3CC(CC(C3)C1)C2. The van der Waals surface area contributed by atoms with Crippen LogP contribution in [0.1, 0.15) is 48.9 Å². The molecule has 0 heterocycles. The van der Waals surface area contributed by atoms with Gasteiger partial charge in [-0.1, -0.05) is 12.1 Å². The summed E-state index contributed by atoms with van der Waals surface area (Å²) in [5.74, 6) is 1.94. The molecule has 1 amide bonds. The van der Waals surface area contributed by atoms with Gasteiger partial charge in [-0.25, -0.2) is 4.79 Å². The third kappa shape index (κ3) is 3.44. The Morgan fingerprint density at radius 3 is 2.31 bits per heavy atom. The number of nitrogens with one attached hydrogen (secondary N) is 2. The van der Waals surface area contributed by atoms with E-state index in [1.165, 1.54) is 38.5 Å². The maximum Gasteiger partial charge on any atom is 0.340 e. The van der Waals surface area contributed by atoms with Crippen LogP contribution in [0.2, 0.25) is 0 Å². The van der Waals surface area contributed by atoms with Crippen molar-refractivity contribution in [1.29, 1.82) is 0 Å². The molecule has 140 valence electrons. The molecule has 0 spiro atoms. The van der Waals surface area contributed by atoms with Crippen LogP contribution in [-0.2, 0) is 9.53 Å². The first-order chi connectivity index (χ1) is 12.6. The maximum absolute atomic E-state index is 12.2. The molecule has 0 atom stereocenters. The van der Waals surface area contributed by atoms with Gasteiger partial charge in [0.25, 0.3) is 5.91 Å². The Labute approximate surface area is 154 Å². The van der Waals surface area contributed by atoms with Gasteiger partial charge in [-0.2, -0.15) is 0 Å². The molecule has 5 rings (SSSR count). The molecule has 1 aromatic rings. The van der Waals surface area contributed by atoms with E-state index in [9.17, 15) is 9.59 Å². The first kappa shape index (κ1) is 17.4. The zero-order valence-electron chi connectivity index (χ0n) is 15.4. The molecule has 0 aromatic heterocycles. The van der Waals surface area contributed by atoms with Crippen molar-refractivity contribution in [3.8, 4) is 0 Å². The normalized spacial score (nSPS) is 31.5. The molecule has 0 unspecified atom stereocenters. The van der Waals surface area contributed by atoms with E-state index >= 15 is 0 Å². The summed E-state index contributed by atoms with van der Waals surface area (Å²) in [4.78, 5) is 24.4. The summed E-state index contributed by atoms with van der Waals surface area (Å²) in [5, 5.41) is 6.01. The van der Waals surface area contributed by atoms with Crippen LogP contribution in [-0.4, -0.2) is 32.1 Å². The molecule has 5 heteroatoms. The highest BCUT2D eigenvalue weighted by molar-refractivity contribution is 5.96. The standard InChI is InChI=1S/C21H28N2O3/c1-22-18-5-3-2-4-17(18)20(25)26-12-19(24)23-13-21-9-14-6-15(10-21)8-16(7-14)11-21/h2-5,14-16,22H,6-13H2,1H3,(H,23,24). The summed E-state index contributed by atoms with van der Waals surface area (Å²) in [5.41, 5.74) is 1.45. The van der Waals surface area contributed by atoms with Crippen LogP contribution < -0.4 is 10.6 Å². The van der Waals surface area contributed by atoms with Crippen LogP contribution >= 0.6 is 0 Å². The number of ether oxygens (including phenoxy) is 1. The van der Waals surface area contributed by atoms with E-state index in [0.29, 0.717) is 16.7 Å². The summed E-state index contributed by atoms with van der Waals surface area (Å²) in [6, 6.07) is 7.14. The van der Waals surface area contributed by atoms with Gasteiger partial charge >= 0.3 is 5.97 Å². The summed E-state index contributed by atoms with van der Waals surface area (Å²) in [6.07, 6.45) is 7.97. The van der Waals surface area contributed by atoms with Gasteiger partial charge in [0, 0.05) is 19.3 Å². The van der Waals surface area contributed by atoms with Gasteiger partial charge in [0.1, 0.15) is 0 Å². The number of esters is 1. The van der Waals surface area contributed by atoms with E-state index in [1.54, 1.807) is 19.2 Å². The molecule has 2 N–H and O–H groups in total. The quantitative estimate of drug-likeness (QED) is 0.768. The first-order valence-corrected chi connectivity index (χ1v) is 9.77. The van der Waals surface area contributed by atoms with Crippen molar-refractivity contribution in [2.24, 2.45) is 23.2 Å². The van der Waals surface area contributed by atoms with Gasteiger partial charge in [-0.15, -0.1) is 0 Å². The molecular formula is C21H28N2O3. The van der Waals surface area contributed by atoms with Gasteiger partial charge in [-0.05, 0) is 73.8 Å². The van der Waals surface area contributed by atoms with Crippen LogP contribution in [0.15, 0.2) is 24.3 Å². The van der Waals surface area contributed by atoms with Crippen molar-refractivity contribution >= 4 is 17.6 Å². The number of amides is 1. The Morgan fingerprint density at radius 1 is 1.08 bits per heavy atom. The van der Waals surface area contributed by atoms with E-state index in [-0.39, 0.29) is 12.5 Å². The number of para-hydroxylation sites is 1. The second-order valence-corrected chi connectivity index (χ2v) is 8.57. The van der Waals surface area contributed by atoms with Gasteiger partial charge < -0.3 is 15.4 Å². The Balaban J connectivity index is 1.28. The average Bonchev–Trinajstić information content (AvgIpc) is 2.63. The first-order valence-electron chi connectivity index (χ1n) is 9.77. The molecule has 4 aliphatic rings. The van der Waals surface area contributed by atoms with Crippen molar-refractivity contribution in [2.45, 2.75) is 38.5 Å². The van der Waals surface area contributed by atoms with Gasteiger partial charge in [0.15, 0.2) is 6.61 Å². The van der Waals surface area contributed by atoms with Crippen LogP contribution in [0.5, 0.6) is 0 Å². The Hall–Kier alpha value is -2.04. The van der Waals surface area contributed by atoms with Gasteiger partial charge in [0.05, 0.1) is 5.56 Å². The maximum atomic E-state index is 12.2. The van der Waals surface area contributed by atoms with Crippen LogP contribution in [0.4, 0.5) is 5.69 Å². The van der Waals surface area contributed by atoms with Crippen molar-refractivity contribution in [3.05, 3.63) is 29.8 Å². The van der Waals surface area contributed by atoms with E-state index in [4.69, 9.17) is 4.74 Å². The number of carbonyl (C=O) groups excluding carboxylic acids is 2. The monoisotopic (exact) mass is 356 g/mol. The Morgan fingerprint density at radius 2 is 1.69 bits per heavy atom. The zero-order valence-corrected chi connectivity index (χ0v) is 15.4. The fraction of sp³-hybridized carbons (Fsp3) is 0.619. The predicted molar refractivity (Wildman–Crippen MR) is 99.9 cm³/mol. The molecule has 5 nitrogen and oxygen atoms in total. The number of benzene rings is 1. The predicted octanol–water partition coefficient (Wildman–Crippen LogP) is 3.22. The van der Waals surface area contributed by atoms with E-state index in [1.807, 2.05) is 12.1 Å². The van der Waals surface area contributed by atoms with Gasteiger partial charge in [0.2, 0.25) is 0 Å². The molecular weight excluding hydrogens is 328 g/mol. The van der Waals surface area contributed by atoms with E-state index in [0.717, 1.165) is 24.3 Å². The molecule has 4 bridgehead atoms. The zero-order chi connectivity index (χ0) is 18.1. The molecule has 0 saturated heterocycles. The largest absolute Gasteiger partial charge is 0.452 e. The topological polar surface area (TPSA) is 67.4 Å². The molecule has 26 heavy (non-hydrogen) atoms. The number of carbonyl (C=O) groups is 2. The second-order valence-electron chi connectivity index (χ2n) is 8.57. The summed E-state index contributed by atoms with van der Waals surface area (Å²) >= 11 is 0. The molecule has 0 radical (unpaired) electrons. The lowest BCUT2D eigenvalue weighted by molar-refractivity contribution is -0.126. The lowest BCUT2D eigenvalue weighted by atomic mass is 9.49.